The number of carbonyl (C=O) groups is 1. The Kier molecular flexibility index (Phi) is 3.42. The van der Waals surface area contributed by atoms with Gasteiger partial charge in [-0.05, 0) is 17.7 Å². The number of morpholine rings is 1. The van der Waals surface area contributed by atoms with Crippen LogP contribution < -0.4 is 10.1 Å². The number of amides is 1. The lowest BCUT2D eigenvalue weighted by molar-refractivity contribution is -0.274. The van der Waals surface area contributed by atoms with Crippen molar-refractivity contribution in [1.82, 2.24) is 5.32 Å². The first-order chi connectivity index (χ1) is 8.44. The molecular weight excluding hydrogens is 251 g/mol. The van der Waals surface area contributed by atoms with E-state index in [2.05, 4.69) is 10.1 Å². The third-order valence-corrected chi connectivity index (χ3v) is 2.36. The van der Waals surface area contributed by atoms with E-state index in [9.17, 15) is 18.0 Å². The Hall–Kier alpha value is -1.76. The fourth-order valence-corrected chi connectivity index (χ4v) is 1.62. The van der Waals surface area contributed by atoms with E-state index in [0.717, 1.165) is 0 Å². The van der Waals surface area contributed by atoms with Crippen molar-refractivity contribution in [2.24, 2.45) is 0 Å². The molecule has 7 heteroatoms. The molecule has 0 aromatic heterocycles. The van der Waals surface area contributed by atoms with Crippen LogP contribution in [-0.4, -0.2) is 25.4 Å². The maximum absolute atomic E-state index is 12.1. The second-order valence-electron chi connectivity index (χ2n) is 3.72. The molecule has 1 aliphatic rings. The monoisotopic (exact) mass is 261 g/mol. The van der Waals surface area contributed by atoms with Gasteiger partial charge in [-0.15, -0.1) is 13.2 Å². The highest BCUT2D eigenvalue weighted by atomic mass is 19.4. The molecule has 1 N–H and O–H groups in total. The third kappa shape index (κ3) is 3.36. The lowest BCUT2D eigenvalue weighted by Crippen LogP contribution is -2.38. The summed E-state index contributed by atoms with van der Waals surface area (Å²) in [6.07, 6.45) is -5.18. The van der Waals surface area contributed by atoms with Gasteiger partial charge < -0.3 is 14.8 Å². The van der Waals surface area contributed by atoms with Gasteiger partial charge in [0.1, 0.15) is 18.5 Å². The zero-order chi connectivity index (χ0) is 13.2. The summed E-state index contributed by atoms with van der Waals surface area (Å²) in [5.41, 5.74) is 0.525. The SMILES string of the molecule is O=C1CO[C@H](c2cccc(OC(F)(F)F)c2)CN1. The fourth-order valence-electron chi connectivity index (χ4n) is 1.62. The highest BCUT2D eigenvalue weighted by Crippen LogP contribution is 2.27. The minimum atomic E-state index is -4.72. The molecule has 0 aliphatic carbocycles. The molecule has 18 heavy (non-hydrogen) atoms. The number of alkyl halides is 3. The Balaban J connectivity index is 2.09. The lowest BCUT2D eigenvalue weighted by atomic mass is 10.1. The smallest absolute Gasteiger partial charge is 0.406 e. The molecule has 1 aromatic carbocycles. The topological polar surface area (TPSA) is 47.6 Å². The summed E-state index contributed by atoms with van der Waals surface area (Å²) in [6.45, 7) is 0.128. The Morgan fingerprint density at radius 3 is 2.78 bits per heavy atom. The van der Waals surface area contributed by atoms with Crippen LogP contribution in [0.15, 0.2) is 24.3 Å². The van der Waals surface area contributed by atoms with Gasteiger partial charge >= 0.3 is 6.36 Å². The number of hydrogen-bond donors (Lipinski definition) is 1. The molecule has 0 radical (unpaired) electrons. The van der Waals surface area contributed by atoms with Crippen molar-refractivity contribution in [2.75, 3.05) is 13.2 Å². The van der Waals surface area contributed by atoms with Gasteiger partial charge in [-0.1, -0.05) is 12.1 Å². The molecule has 1 atom stereocenters. The van der Waals surface area contributed by atoms with Crippen LogP contribution in [0.4, 0.5) is 13.2 Å². The predicted octanol–water partition coefficient (Wildman–Crippen LogP) is 1.77. The Morgan fingerprint density at radius 2 is 2.17 bits per heavy atom. The van der Waals surface area contributed by atoms with Crippen LogP contribution in [0.25, 0.3) is 0 Å². The van der Waals surface area contributed by atoms with Crippen molar-refractivity contribution in [3.05, 3.63) is 29.8 Å². The molecule has 2 rings (SSSR count). The molecular formula is C11H10F3NO3. The van der Waals surface area contributed by atoms with Crippen LogP contribution in [0.2, 0.25) is 0 Å². The predicted molar refractivity (Wildman–Crippen MR) is 54.8 cm³/mol. The molecule has 1 fully saturated rings. The first-order valence-electron chi connectivity index (χ1n) is 5.18. The number of halogens is 3. The summed E-state index contributed by atoms with van der Waals surface area (Å²) >= 11 is 0. The standard InChI is InChI=1S/C11H10F3NO3/c12-11(13,14)18-8-3-1-2-7(4-8)9-5-15-10(16)6-17-9/h1-4,9H,5-6H2,(H,15,16)/t9-/m0/s1. The Morgan fingerprint density at radius 1 is 1.39 bits per heavy atom. The largest absolute Gasteiger partial charge is 0.573 e. The summed E-state index contributed by atoms with van der Waals surface area (Å²) in [5, 5.41) is 2.57. The normalized spacial score (nSPS) is 20.4. The van der Waals surface area contributed by atoms with Crippen LogP contribution in [0.5, 0.6) is 5.75 Å². The Bertz CT molecular complexity index is 437. The van der Waals surface area contributed by atoms with E-state index in [-0.39, 0.29) is 24.8 Å². The van der Waals surface area contributed by atoms with Gasteiger partial charge in [0.2, 0.25) is 5.91 Å². The van der Waals surface area contributed by atoms with Crippen molar-refractivity contribution >= 4 is 5.91 Å². The second kappa shape index (κ2) is 4.85. The number of rotatable bonds is 2. The van der Waals surface area contributed by atoms with Gasteiger partial charge in [-0.2, -0.15) is 0 Å². The molecule has 4 nitrogen and oxygen atoms in total. The average Bonchev–Trinajstić information content (AvgIpc) is 2.28. The number of hydrogen-bond acceptors (Lipinski definition) is 3. The molecule has 1 amide bonds. The summed E-state index contributed by atoms with van der Waals surface area (Å²) in [4.78, 5) is 10.9. The third-order valence-electron chi connectivity index (χ3n) is 2.36. The molecule has 0 saturated carbocycles. The van der Waals surface area contributed by atoms with E-state index in [1.165, 1.54) is 18.2 Å². The zero-order valence-corrected chi connectivity index (χ0v) is 9.16. The minimum Gasteiger partial charge on any atom is -0.406 e. The fraction of sp³-hybridized carbons (Fsp3) is 0.364. The number of benzene rings is 1. The van der Waals surface area contributed by atoms with E-state index in [0.29, 0.717) is 5.56 Å². The van der Waals surface area contributed by atoms with E-state index in [1.54, 1.807) is 6.07 Å². The summed E-state index contributed by atoms with van der Waals surface area (Å²) < 4.78 is 45.2. The van der Waals surface area contributed by atoms with Gasteiger partial charge in [-0.25, -0.2) is 0 Å². The van der Waals surface area contributed by atoms with Gasteiger partial charge in [0.05, 0.1) is 0 Å². The van der Waals surface area contributed by atoms with Crippen LogP contribution in [0, 0.1) is 0 Å². The van der Waals surface area contributed by atoms with Crippen molar-refractivity contribution < 1.29 is 27.4 Å². The van der Waals surface area contributed by atoms with Crippen molar-refractivity contribution in [3.63, 3.8) is 0 Å². The van der Waals surface area contributed by atoms with Crippen LogP contribution >= 0.6 is 0 Å². The molecule has 0 unspecified atom stereocenters. The van der Waals surface area contributed by atoms with E-state index in [4.69, 9.17) is 4.74 Å². The van der Waals surface area contributed by atoms with Gasteiger partial charge in [-0.3, -0.25) is 4.79 Å². The minimum absolute atomic E-state index is 0.102. The molecule has 98 valence electrons. The molecule has 0 spiro atoms. The molecule has 1 aromatic rings. The number of nitrogens with one attached hydrogen (secondary N) is 1. The summed E-state index contributed by atoms with van der Waals surface area (Å²) in [6, 6.07) is 5.51. The number of carbonyl (C=O) groups excluding carboxylic acids is 1. The Labute approximate surface area is 101 Å². The first-order valence-corrected chi connectivity index (χ1v) is 5.18. The molecule has 1 saturated heterocycles. The van der Waals surface area contributed by atoms with Crippen LogP contribution in [0.1, 0.15) is 11.7 Å². The second-order valence-corrected chi connectivity index (χ2v) is 3.72. The van der Waals surface area contributed by atoms with Crippen LogP contribution in [0.3, 0.4) is 0 Å². The lowest BCUT2D eigenvalue weighted by Gasteiger charge is -2.23. The maximum atomic E-state index is 12.1. The van der Waals surface area contributed by atoms with Crippen molar-refractivity contribution in [3.8, 4) is 5.75 Å². The molecule has 0 bridgehead atoms. The molecule has 1 aliphatic heterocycles. The van der Waals surface area contributed by atoms with Gasteiger partial charge in [0, 0.05) is 6.54 Å². The highest BCUT2D eigenvalue weighted by Gasteiger charge is 2.31. The maximum Gasteiger partial charge on any atom is 0.573 e. The highest BCUT2D eigenvalue weighted by molar-refractivity contribution is 5.77. The van der Waals surface area contributed by atoms with Crippen molar-refractivity contribution in [2.45, 2.75) is 12.5 Å². The quantitative estimate of drug-likeness (QED) is 0.882. The van der Waals surface area contributed by atoms with E-state index in [1.807, 2.05) is 0 Å². The first kappa shape index (κ1) is 12.7. The average molecular weight is 261 g/mol. The van der Waals surface area contributed by atoms with Gasteiger partial charge in [0.15, 0.2) is 0 Å². The summed E-state index contributed by atoms with van der Waals surface area (Å²) in [5.74, 6) is -0.547. The number of ether oxygens (including phenoxy) is 2. The molecule has 1 heterocycles. The zero-order valence-electron chi connectivity index (χ0n) is 9.16. The van der Waals surface area contributed by atoms with E-state index < -0.39 is 12.5 Å². The summed E-state index contributed by atoms with van der Waals surface area (Å²) in [7, 11) is 0. The van der Waals surface area contributed by atoms with Crippen LogP contribution in [-0.2, 0) is 9.53 Å². The van der Waals surface area contributed by atoms with E-state index >= 15 is 0 Å². The van der Waals surface area contributed by atoms with Crippen molar-refractivity contribution in [1.29, 1.82) is 0 Å². The van der Waals surface area contributed by atoms with Gasteiger partial charge in [0.25, 0.3) is 0 Å².